The number of aryl methyl sites for hydroxylation is 2. The second-order valence-electron chi connectivity index (χ2n) is 6.21. The van der Waals surface area contributed by atoms with Gasteiger partial charge >= 0.3 is 0 Å². The molecule has 7 heteroatoms. The molecule has 1 amide bonds. The van der Waals surface area contributed by atoms with Crippen molar-refractivity contribution in [3.8, 4) is 5.69 Å². The van der Waals surface area contributed by atoms with E-state index in [1.54, 1.807) is 11.6 Å². The van der Waals surface area contributed by atoms with E-state index < -0.39 is 5.91 Å². The van der Waals surface area contributed by atoms with Crippen LogP contribution >= 0.6 is 11.8 Å². The normalized spacial score (nSPS) is 17.9. The zero-order valence-electron chi connectivity index (χ0n) is 14.6. The lowest BCUT2D eigenvalue weighted by Gasteiger charge is -2.20. The average molecular weight is 363 g/mol. The highest BCUT2D eigenvalue weighted by atomic mass is 32.2. The van der Waals surface area contributed by atoms with E-state index in [9.17, 15) is 4.79 Å². The van der Waals surface area contributed by atoms with Gasteiger partial charge in [-0.1, -0.05) is 18.2 Å². The monoisotopic (exact) mass is 363 g/mol. The molecule has 0 unspecified atom stereocenters. The summed E-state index contributed by atoms with van der Waals surface area (Å²) in [6.45, 7) is 6.13. The van der Waals surface area contributed by atoms with E-state index in [1.807, 2.05) is 32.0 Å². The Morgan fingerprint density at radius 2 is 1.96 bits per heavy atom. The van der Waals surface area contributed by atoms with Gasteiger partial charge in [0.1, 0.15) is 0 Å². The number of aromatic nitrogens is 1. The number of para-hydroxylation sites is 1. The van der Waals surface area contributed by atoms with Crippen molar-refractivity contribution in [2.24, 2.45) is 10.1 Å². The molecule has 130 valence electrons. The lowest BCUT2D eigenvalue weighted by molar-refractivity contribution is -0.114. The first-order valence-corrected chi connectivity index (χ1v) is 9.03. The standard InChI is InChI=1S/C19H17N5OS/c1-11-6-4-5-7-16(11)23-12(2)8-14(13(23)3)9-15-17(20)24-19(22-18(15)25)26-10-21-24/h4-10,20H,1-3H3/b15-9+,20-17?. The number of hydrazone groups is 1. The summed E-state index contributed by atoms with van der Waals surface area (Å²) in [5.41, 5.74) is 7.09. The molecule has 2 aliphatic rings. The van der Waals surface area contributed by atoms with Crippen LogP contribution in [-0.2, 0) is 4.79 Å². The Morgan fingerprint density at radius 3 is 2.73 bits per heavy atom. The van der Waals surface area contributed by atoms with E-state index in [2.05, 4.69) is 33.7 Å². The molecule has 0 atom stereocenters. The van der Waals surface area contributed by atoms with Crippen molar-refractivity contribution in [1.82, 2.24) is 9.58 Å². The second-order valence-corrected chi connectivity index (χ2v) is 7.02. The molecule has 1 aromatic carbocycles. The van der Waals surface area contributed by atoms with Crippen molar-refractivity contribution < 1.29 is 4.79 Å². The number of aliphatic imine (C=N–C) groups is 1. The minimum atomic E-state index is -0.403. The van der Waals surface area contributed by atoms with Crippen molar-refractivity contribution in [3.63, 3.8) is 0 Å². The van der Waals surface area contributed by atoms with E-state index in [1.165, 1.54) is 22.3 Å². The molecule has 0 spiro atoms. The highest BCUT2D eigenvalue weighted by Gasteiger charge is 2.32. The molecule has 1 aromatic heterocycles. The summed E-state index contributed by atoms with van der Waals surface area (Å²) in [6, 6.07) is 10.2. The number of nitrogens with zero attached hydrogens (tertiary/aromatic N) is 4. The van der Waals surface area contributed by atoms with Crippen LogP contribution in [-0.4, -0.2) is 32.0 Å². The Hall–Kier alpha value is -2.93. The van der Waals surface area contributed by atoms with Crippen LogP contribution in [0.3, 0.4) is 0 Å². The third-order valence-corrected chi connectivity index (χ3v) is 5.20. The third-order valence-electron chi connectivity index (χ3n) is 4.52. The molecule has 6 nitrogen and oxygen atoms in total. The summed E-state index contributed by atoms with van der Waals surface area (Å²) in [7, 11) is 0. The Labute approximate surface area is 155 Å². The van der Waals surface area contributed by atoms with E-state index in [0.29, 0.717) is 5.17 Å². The summed E-state index contributed by atoms with van der Waals surface area (Å²) in [5, 5.41) is 14.2. The van der Waals surface area contributed by atoms with Gasteiger partial charge in [0.2, 0.25) is 0 Å². The fourth-order valence-corrected chi connectivity index (χ4v) is 3.82. The Balaban J connectivity index is 1.81. The van der Waals surface area contributed by atoms with Crippen LogP contribution in [0.15, 0.2) is 46.0 Å². The molecule has 0 radical (unpaired) electrons. The van der Waals surface area contributed by atoms with E-state index >= 15 is 0 Å². The van der Waals surface area contributed by atoms with Crippen molar-refractivity contribution in [2.75, 3.05) is 0 Å². The van der Waals surface area contributed by atoms with Gasteiger partial charge < -0.3 is 4.57 Å². The number of carbonyl (C=O) groups is 1. The number of rotatable bonds is 2. The lowest BCUT2D eigenvalue weighted by atomic mass is 10.1. The number of thioether (sulfide) groups is 1. The van der Waals surface area contributed by atoms with Crippen molar-refractivity contribution >= 4 is 40.3 Å². The molecule has 2 aromatic rings. The van der Waals surface area contributed by atoms with E-state index in [0.717, 1.165) is 22.6 Å². The number of hydrogen-bond donors (Lipinski definition) is 1. The average Bonchev–Trinajstić information content (AvgIpc) is 3.17. The quantitative estimate of drug-likeness (QED) is 0.828. The van der Waals surface area contributed by atoms with Crippen LogP contribution in [0, 0.1) is 26.2 Å². The first-order chi connectivity index (χ1) is 12.5. The van der Waals surface area contributed by atoms with Gasteiger partial charge in [-0.25, -0.2) is 0 Å². The minimum absolute atomic E-state index is 0.0574. The fraction of sp³-hybridized carbons (Fsp3) is 0.158. The summed E-state index contributed by atoms with van der Waals surface area (Å²) in [5.74, 6) is -0.345. The van der Waals surface area contributed by atoms with Gasteiger partial charge in [0, 0.05) is 17.1 Å². The van der Waals surface area contributed by atoms with Crippen molar-refractivity contribution in [2.45, 2.75) is 20.8 Å². The number of benzene rings is 1. The Morgan fingerprint density at radius 1 is 1.19 bits per heavy atom. The second kappa shape index (κ2) is 6.10. The van der Waals surface area contributed by atoms with E-state index in [4.69, 9.17) is 5.41 Å². The molecule has 0 bridgehead atoms. The van der Waals surface area contributed by atoms with Gasteiger partial charge in [-0.15, -0.1) is 0 Å². The van der Waals surface area contributed by atoms with Gasteiger partial charge in [0.25, 0.3) is 5.91 Å². The minimum Gasteiger partial charge on any atom is -0.318 e. The molecule has 0 saturated heterocycles. The van der Waals surface area contributed by atoms with E-state index in [-0.39, 0.29) is 11.4 Å². The first kappa shape index (κ1) is 16.5. The maximum Gasteiger partial charge on any atom is 0.283 e. The van der Waals surface area contributed by atoms with Crippen LogP contribution in [0.5, 0.6) is 0 Å². The van der Waals surface area contributed by atoms with Gasteiger partial charge in [-0.2, -0.15) is 15.1 Å². The van der Waals surface area contributed by atoms with Crippen LogP contribution in [0.2, 0.25) is 0 Å². The zero-order valence-corrected chi connectivity index (χ0v) is 15.5. The smallest absolute Gasteiger partial charge is 0.283 e. The molecule has 2 aliphatic heterocycles. The maximum atomic E-state index is 12.4. The molecule has 3 heterocycles. The fourth-order valence-electron chi connectivity index (χ4n) is 3.21. The van der Waals surface area contributed by atoms with Crippen LogP contribution in [0.4, 0.5) is 0 Å². The molecule has 0 fully saturated rings. The Bertz CT molecular complexity index is 1040. The zero-order chi connectivity index (χ0) is 18.4. The van der Waals surface area contributed by atoms with Crippen LogP contribution in [0.1, 0.15) is 22.5 Å². The number of nitrogens with one attached hydrogen (secondary N) is 1. The highest BCUT2D eigenvalue weighted by Crippen LogP contribution is 2.28. The summed E-state index contributed by atoms with van der Waals surface area (Å²) < 4.78 is 2.16. The largest absolute Gasteiger partial charge is 0.318 e. The van der Waals surface area contributed by atoms with Crippen LogP contribution < -0.4 is 0 Å². The molecular formula is C19H17N5OS. The number of fused-ring (bicyclic) bond motifs is 1. The van der Waals surface area contributed by atoms with Gasteiger partial charge in [0.15, 0.2) is 11.0 Å². The molecule has 26 heavy (non-hydrogen) atoms. The van der Waals surface area contributed by atoms with Crippen molar-refractivity contribution in [3.05, 3.63) is 58.4 Å². The molecule has 0 aliphatic carbocycles. The number of amidine groups is 2. The third kappa shape index (κ3) is 2.52. The molecule has 4 rings (SSSR count). The van der Waals surface area contributed by atoms with Crippen molar-refractivity contribution in [1.29, 1.82) is 5.41 Å². The predicted octanol–water partition coefficient (Wildman–Crippen LogP) is 3.65. The SMILES string of the molecule is Cc1ccccc1-n1c(C)cc(/C=C2\C(=N)N3N=CSC3=NC2=O)c1C. The van der Waals surface area contributed by atoms with Gasteiger partial charge in [-0.3, -0.25) is 10.2 Å². The van der Waals surface area contributed by atoms with Crippen LogP contribution in [0.25, 0.3) is 11.8 Å². The topological polar surface area (TPSA) is 73.8 Å². The Kier molecular flexibility index (Phi) is 3.88. The molecular weight excluding hydrogens is 346 g/mol. The summed E-state index contributed by atoms with van der Waals surface area (Å²) in [4.78, 5) is 16.4. The summed E-state index contributed by atoms with van der Waals surface area (Å²) in [6.07, 6.45) is 1.74. The number of amides is 1. The van der Waals surface area contributed by atoms with Gasteiger partial charge in [-0.05, 0) is 61.9 Å². The molecule has 1 N–H and O–H groups in total. The lowest BCUT2D eigenvalue weighted by Crippen LogP contribution is -2.35. The predicted molar refractivity (Wildman–Crippen MR) is 106 cm³/mol. The first-order valence-electron chi connectivity index (χ1n) is 8.15. The summed E-state index contributed by atoms with van der Waals surface area (Å²) >= 11 is 1.24. The number of hydrogen-bond acceptors (Lipinski definition) is 4. The van der Waals surface area contributed by atoms with Gasteiger partial charge in [0.05, 0.1) is 11.1 Å². The molecule has 0 saturated carbocycles. The maximum absolute atomic E-state index is 12.4. The highest BCUT2D eigenvalue weighted by molar-refractivity contribution is 8.25. The number of carbonyl (C=O) groups excluding carboxylic acids is 1.